The summed E-state index contributed by atoms with van der Waals surface area (Å²) in [5.74, 6) is 2.06. The van der Waals surface area contributed by atoms with E-state index < -0.39 is 0 Å². The molecule has 0 heterocycles. The normalized spacial score (nSPS) is 33.5. The van der Waals surface area contributed by atoms with E-state index in [0.717, 1.165) is 32.1 Å². The first-order chi connectivity index (χ1) is 13.6. The number of hydrogen-bond acceptors (Lipinski definition) is 3. The van der Waals surface area contributed by atoms with E-state index in [1.165, 1.54) is 17.5 Å². The Labute approximate surface area is 166 Å². The summed E-state index contributed by atoms with van der Waals surface area (Å²) in [6.07, 6.45) is 6.63. The Bertz CT molecular complexity index is 890. The Morgan fingerprint density at radius 2 is 1.89 bits per heavy atom. The third-order valence-electron chi connectivity index (χ3n) is 7.88. The van der Waals surface area contributed by atoms with Gasteiger partial charge in [-0.25, -0.2) is 4.79 Å². The Morgan fingerprint density at radius 3 is 2.71 bits per heavy atom. The fraction of sp³-hybridized carbons (Fsp3) is 0.480. The number of benzene rings is 2. The molecule has 3 nitrogen and oxygen atoms in total. The number of carbonyl (C=O) groups is 1. The first-order valence-electron chi connectivity index (χ1n) is 10.6. The molecule has 0 aromatic heterocycles. The van der Waals surface area contributed by atoms with Gasteiger partial charge >= 0.3 is 5.97 Å². The molecule has 28 heavy (non-hydrogen) atoms. The van der Waals surface area contributed by atoms with Crippen LogP contribution in [0.4, 0.5) is 0 Å². The van der Waals surface area contributed by atoms with Crippen LogP contribution in [0.3, 0.4) is 0 Å². The molecule has 0 amide bonds. The van der Waals surface area contributed by atoms with Crippen molar-refractivity contribution >= 4 is 5.97 Å². The van der Waals surface area contributed by atoms with Gasteiger partial charge in [-0.2, -0.15) is 0 Å². The molecular weight excluding hydrogens is 348 g/mol. The van der Waals surface area contributed by atoms with Crippen molar-refractivity contribution in [2.75, 3.05) is 0 Å². The lowest BCUT2D eigenvalue weighted by Gasteiger charge is -2.50. The average molecular weight is 376 g/mol. The highest BCUT2D eigenvalue weighted by molar-refractivity contribution is 5.89. The number of carbonyl (C=O) groups excluding carboxylic acids is 1. The third kappa shape index (κ3) is 2.75. The number of phenols is 1. The zero-order valence-corrected chi connectivity index (χ0v) is 16.4. The Kier molecular flexibility index (Phi) is 4.22. The van der Waals surface area contributed by atoms with Crippen LogP contribution in [0, 0.1) is 17.3 Å². The summed E-state index contributed by atoms with van der Waals surface area (Å²) in [6, 6.07) is 15.3. The molecule has 5 atom stereocenters. The molecule has 3 aliphatic rings. The quantitative estimate of drug-likeness (QED) is 0.707. The van der Waals surface area contributed by atoms with Crippen LogP contribution < -0.4 is 0 Å². The number of ether oxygens (including phenoxy) is 1. The minimum absolute atomic E-state index is 0.0207. The van der Waals surface area contributed by atoms with Crippen LogP contribution in [0.25, 0.3) is 0 Å². The minimum Gasteiger partial charge on any atom is -0.508 e. The van der Waals surface area contributed by atoms with E-state index in [1.54, 1.807) is 0 Å². The first kappa shape index (κ1) is 17.8. The molecule has 1 N–H and O–H groups in total. The summed E-state index contributed by atoms with van der Waals surface area (Å²) < 4.78 is 6.06. The summed E-state index contributed by atoms with van der Waals surface area (Å²) in [6.45, 7) is 2.36. The largest absolute Gasteiger partial charge is 0.508 e. The maximum absolute atomic E-state index is 12.6. The molecule has 5 rings (SSSR count). The van der Waals surface area contributed by atoms with E-state index >= 15 is 0 Å². The zero-order valence-electron chi connectivity index (χ0n) is 16.4. The smallest absolute Gasteiger partial charge is 0.338 e. The van der Waals surface area contributed by atoms with E-state index in [2.05, 4.69) is 13.0 Å². The van der Waals surface area contributed by atoms with Gasteiger partial charge in [0.25, 0.3) is 0 Å². The molecule has 0 spiro atoms. The average Bonchev–Trinajstić information content (AvgIpc) is 3.04. The number of hydrogen-bond donors (Lipinski definition) is 1. The summed E-state index contributed by atoms with van der Waals surface area (Å²) in [7, 11) is 0. The van der Waals surface area contributed by atoms with E-state index in [9.17, 15) is 9.90 Å². The minimum atomic E-state index is -0.181. The summed E-state index contributed by atoms with van der Waals surface area (Å²) in [4.78, 5) is 12.6. The zero-order chi connectivity index (χ0) is 19.3. The molecule has 2 fully saturated rings. The van der Waals surface area contributed by atoms with E-state index in [0.29, 0.717) is 29.1 Å². The van der Waals surface area contributed by atoms with Crippen LogP contribution in [0.2, 0.25) is 0 Å². The fourth-order valence-corrected chi connectivity index (χ4v) is 6.49. The van der Waals surface area contributed by atoms with Crippen molar-refractivity contribution in [2.45, 2.75) is 57.5 Å². The van der Waals surface area contributed by atoms with Gasteiger partial charge < -0.3 is 9.84 Å². The van der Waals surface area contributed by atoms with Gasteiger partial charge in [-0.3, -0.25) is 0 Å². The van der Waals surface area contributed by atoms with E-state index in [4.69, 9.17) is 4.74 Å². The maximum atomic E-state index is 12.6. The Morgan fingerprint density at radius 1 is 1.07 bits per heavy atom. The van der Waals surface area contributed by atoms with Crippen LogP contribution in [0.5, 0.6) is 5.75 Å². The molecule has 0 aliphatic heterocycles. The Balaban J connectivity index is 1.37. The second-order valence-corrected chi connectivity index (χ2v) is 9.18. The predicted molar refractivity (Wildman–Crippen MR) is 108 cm³/mol. The molecule has 2 aromatic rings. The monoisotopic (exact) mass is 376 g/mol. The molecule has 2 saturated carbocycles. The van der Waals surface area contributed by atoms with Crippen molar-refractivity contribution in [3.05, 3.63) is 65.2 Å². The highest BCUT2D eigenvalue weighted by Crippen LogP contribution is 2.61. The Hall–Kier alpha value is -2.29. The van der Waals surface area contributed by atoms with Crippen molar-refractivity contribution in [2.24, 2.45) is 17.3 Å². The summed E-state index contributed by atoms with van der Waals surface area (Å²) in [5, 5.41) is 9.84. The van der Waals surface area contributed by atoms with Crippen LogP contribution in [-0.2, 0) is 11.2 Å². The molecular formula is C25H28O3. The second-order valence-electron chi connectivity index (χ2n) is 9.18. The van der Waals surface area contributed by atoms with E-state index in [1.807, 2.05) is 42.5 Å². The molecule has 0 bridgehead atoms. The number of aryl methyl sites for hydroxylation is 1. The van der Waals surface area contributed by atoms with Gasteiger partial charge in [0.2, 0.25) is 0 Å². The number of fused-ring (bicyclic) bond motifs is 5. The van der Waals surface area contributed by atoms with Crippen LogP contribution in [0.1, 0.15) is 66.4 Å². The van der Waals surface area contributed by atoms with Gasteiger partial charge in [-0.15, -0.1) is 0 Å². The molecule has 2 aromatic carbocycles. The number of rotatable bonds is 2. The third-order valence-corrected chi connectivity index (χ3v) is 7.88. The number of phenolic OH excluding ortho intramolecular Hbond substituents is 1. The predicted octanol–water partition coefficient (Wildman–Crippen LogP) is 5.47. The van der Waals surface area contributed by atoms with Crippen molar-refractivity contribution in [3.8, 4) is 5.75 Å². The van der Waals surface area contributed by atoms with Crippen molar-refractivity contribution < 1.29 is 14.6 Å². The lowest BCUT2D eigenvalue weighted by Crippen LogP contribution is -2.45. The van der Waals surface area contributed by atoms with Crippen molar-refractivity contribution in [3.63, 3.8) is 0 Å². The molecule has 146 valence electrons. The van der Waals surface area contributed by atoms with Crippen LogP contribution in [0.15, 0.2) is 48.5 Å². The highest BCUT2D eigenvalue weighted by Gasteiger charge is 2.56. The molecule has 0 saturated heterocycles. The van der Waals surface area contributed by atoms with Gasteiger partial charge in [0.15, 0.2) is 0 Å². The van der Waals surface area contributed by atoms with Gasteiger partial charge in [-0.05, 0) is 91.7 Å². The fourth-order valence-electron chi connectivity index (χ4n) is 6.49. The maximum Gasteiger partial charge on any atom is 0.338 e. The molecule has 3 heteroatoms. The molecule has 0 radical (unpaired) electrons. The van der Waals surface area contributed by atoms with Gasteiger partial charge in [0.05, 0.1) is 5.56 Å². The number of esters is 1. The van der Waals surface area contributed by atoms with Crippen LogP contribution >= 0.6 is 0 Å². The molecule has 3 aliphatic carbocycles. The van der Waals surface area contributed by atoms with Gasteiger partial charge in [0, 0.05) is 5.41 Å². The first-order valence-corrected chi connectivity index (χ1v) is 10.6. The van der Waals surface area contributed by atoms with Crippen LogP contribution in [-0.4, -0.2) is 17.2 Å². The summed E-state index contributed by atoms with van der Waals surface area (Å²) in [5.41, 5.74) is 3.51. The van der Waals surface area contributed by atoms with Crippen molar-refractivity contribution in [1.82, 2.24) is 0 Å². The number of aromatic hydroxyl groups is 1. The highest BCUT2D eigenvalue weighted by atomic mass is 16.5. The van der Waals surface area contributed by atoms with E-state index in [-0.39, 0.29) is 17.5 Å². The SMILES string of the molecule is CC12CCC3c4ccc(O)cc4CCC3C1CCC2OC(=O)c1ccccc1. The molecule has 5 unspecified atom stereocenters. The van der Waals surface area contributed by atoms with Gasteiger partial charge in [-0.1, -0.05) is 31.2 Å². The van der Waals surface area contributed by atoms with Crippen molar-refractivity contribution in [1.29, 1.82) is 0 Å². The topological polar surface area (TPSA) is 46.5 Å². The second kappa shape index (κ2) is 6.65. The summed E-state index contributed by atoms with van der Waals surface area (Å²) >= 11 is 0. The van der Waals surface area contributed by atoms with Gasteiger partial charge in [0.1, 0.15) is 11.9 Å². The lowest BCUT2D eigenvalue weighted by molar-refractivity contribution is -0.0427. The lowest BCUT2D eigenvalue weighted by atomic mass is 9.55. The standard InChI is InChI=1S/C25H28O3/c1-25-14-13-20-19-10-8-18(26)15-17(19)7-9-21(20)22(25)11-12-23(25)28-24(27)16-5-3-2-4-6-16/h2-6,8,10,15,20-23,26H,7,9,11-14H2,1H3.